The average molecular weight is 456 g/mol. The maximum Gasteiger partial charge on any atom is 0.337 e. The van der Waals surface area contributed by atoms with E-state index in [1.807, 2.05) is 37.3 Å². The Balaban J connectivity index is 1.92. The summed E-state index contributed by atoms with van der Waals surface area (Å²) in [5.41, 5.74) is 1.73. The molecule has 0 atom stereocenters. The van der Waals surface area contributed by atoms with Crippen molar-refractivity contribution in [1.29, 1.82) is 0 Å². The van der Waals surface area contributed by atoms with Gasteiger partial charge < -0.3 is 9.47 Å². The van der Waals surface area contributed by atoms with Gasteiger partial charge in [0.05, 0.1) is 25.4 Å². The lowest BCUT2D eigenvalue weighted by Crippen LogP contribution is -2.32. The Bertz CT molecular complexity index is 1150. The molecule has 0 fully saturated rings. The molecule has 3 nitrogen and oxygen atoms in total. The van der Waals surface area contributed by atoms with Crippen molar-refractivity contribution in [3.05, 3.63) is 120 Å². The standard InChI is InChI=1S/C29H28O3P/c1-3-32-25-11-10-16-28(21-25)33(26-12-6-4-7-13-26,27-14-8-5-9-15-27)22-23-17-19-24(20-18-23)29(30)31-2/h4-21H,3,22H2,1-2H3/q+1. The fraction of sp³-hybridized carbons (Fsp3) is 0.138. The zero-order chi connectivity index (χ0) is 23.1. The SMILES string of the molecule is CCOc1cccc([P+](Cc2ccc(C(=O)OC)cc2)(c2ccccc2)c2ccccc2)c1. The summed E-state index contributed by atoms with van der Waals surface area (Å²) >= 11 is 0. The Hall–Kier alpha value is -3.42. The summed E-state index contributed by atoms with van der Waals surface area (Å²) in [5, 5.41) is 3.88. The van der Waals surface area contributed by atoms with Crippen molar-refractivity contribution in [2.75, 3.05) is 13.7 Å². The van der Waals surface area contributed by atoms with E-state index in [4.69, 9.17) is 9.47 Å². The molecule has 0 amide bonds. The second-order valence-corrected chi connectivity index (χ2v) is 11.2. The average Bonchev–Trinajstić information content (AvgIpc) is 2.88. The minimum Gasteiger partial charge on any atom is -0.494 e. The van der Waals surface area contributed by atoms with Gasteiger partial charge in [-0.3, -0.25) is 0 Å². The molecule has 0 unspecified atom stereocenters. The lowest BCUT2D eigenvalue weighted by atomic mass is 10.1. The summed E-state index contributed by atoms with van der Waals surface area (Å²) < 4.78 is 10.8. The van der Waals surface area contributed by atoms with E-state index in [0.717, 1.165) is 11.9 Å². The van der Waals surface area contributed by atoms with Crippen molar-refractivity contribution in [2.24, 2.45) is 0 Å². The molecule has 0 heterocycles. The first kappa shape index (κ1) is 22.8. The van der Waals surface area contributed by atoms with Crippen LogP contribution in [0.3, 0.4) is 0 Å². The second-order valence-electron chi connectivity index (χ2n) is 7.76. The predicted octanol–water partition coefficient (Wildman–Crippen LogP) is 5.37. The van der Waals surface area contributed by atoms with E-state index in [0.29, 0.717) is 12.2 Å². The number of esters is 1. The Kier molecular flexibility index (Phi) is 7.22. The third-order valence-corrected chi connectivity index (χ3v) is 10.1. The van der Waals surface area contributed by atoms with Crippen LogP contribution in [0.25, 0.3) is 0 Å². The largest absolute Gasteiger partial charge is 0.494 e. The summed E-state index contributed by atoms with van der Waals surface area (Å²) in [7, 11) is -0.662. The number of hydrogen-bond acceptors (Lipinski definition) is 3. The molecular weight excluding hydrogens is 427 g/mol. The molecule has 0 aliphatic carbocycles. The van der Waals surface area contributed by atoms with Gasteiger partial charge in [-0.25, -0.2) is 4.79 Å². The van der Waals surface area contributed by atoms with E-state index in [9.17, 15) is 4.79 Å². The first-order valence-electron chi connectivity index (χ1n) is 11.1. The van der Waals surface area contributed by atoms with E-state index < -0.39 is 7.26 Å². The van der Waals surface area contributed by atoms with Gasteiger partial charge in [-0.1, -0.05) is 54.6 Å². The molecule has 4 aromatic rings. The minimum absolute atomic E-state index is 0.321. The Morgan fingerprint density at radius 3 is 1.85 bits per heavy atom. The Morgan fingerprint density at radius 2 is 1.30 bits per heavy atom. The van der Waals surface area contributed by atoms with Crippen LogP contribution in [-0.2, 0) is 10.9 Å². The first-order chi connectivity index (χ1) is 16.2. The van der Waals surface area contributed by atoms with E-state index in [-0.39, 0.29) is 5.97 Å². The smallest absolute Gasteiger partial charge is 0.337 e. The van der Waals surface area contributed by atoms with Gasteiger partial charge in [0, 0.05) is 6.07 Å². The van der Waals surface area contributed by atoms with E-state index in [1.165, 1.54) is 28.6 Å². The van der Waals surface area contributed by atoms with Crippen LogP contribution in [0.15, 0.2) is 109 Å². The van der Waals surface area contributed by atoms with Gasteiger partial charge in [-0.05, 0) is 61.0 Å². The molecule has 0 aliphatic rings. The fourth-order valence-electron chi connectivity index (χ4n) is 4.20. The van der Waals surface area contributed by atoms with Crippen molar-refractivity contribution >= 4 is 29.1 Å². The lowest BCUT2D eigenvalue weighted by molar-refractivity contribution is 0.0600. The molecule has 4 heteroatoms. The Labute approximate surface area is 196 Å². The molecule has 4 aromatic carbocycles. The quantitative estimate of drug-likeness (QED) is 0.265. The van der Waals surface area contributed by atoms with Gasteiger partial charge in [0.1, 0.15) is 28.9 Å². The van der Waals surface area contributed by atoms with Crippen molar-refractivity contribution in [3.8, 4) is 5.75 Å². The normalized spacial score (nSPS) is 11.1. The summed E-state index contributed by atoms with van der Waals surface area (Å²) in [6.45, 7) is 2.63. The molecular formula is C29H28O3P+. The van der Waals surface area contributed by atoms with Gasteiger partial charge in [-0.2, -0.15) is 0 Å². The zero-order valence-corrected chi connectivity index (χ0v) is 19.9. The minimum atomic E-state index is -2.07. The molecule has 0 saturated carbocycles. The fourth-order valence-corrected chi connectivity index (χ4v) is 8.45. The van der Waals surface area contributed by atoms with Crippen LogP contribution in [-0.4, -0.2) is 19.7 Å². The highest BCUT2D eigenvalue weighted by molar-refractivity contribution is 7.95. The van der Waals surface area contributed by atoms with Crippen LogP contribution in [0.1, 0.15) is 22.8 Å². The molecule has 0 bridgehead atoms. The van der Waals surface area contributed by atoms with Gasteiger partial charge in [0.15, 0.2) is 0 Å². The van der Waals surface area contributed by atoms with E-state index in [1.54, 1.807) is 0 Å². The van der Waals surface area contributed by atoms with Crippen LogP contribution in [0.5, 0.6) is 5.75 Å². The van der Waals surface area contributed by atoms with Crippen LogP contribution >= 0.6 is 7.26 Å². The molecule has 4 rings (SSSR count). The van der Waals surface area contributed by atoms with E-state index >= 15 is 0 Å². The molecule has 33 heavy (non-hydrogen) atoms. The van der Waals surface area contributed by atoms with Gasteiger partial charge >= 0.3 is 5.97 Å². The monoisotopic (exact) mass is 455 g/mol. The molecule has 0 aliphatic heterocycles. The topological polar surface area (TPSA) is 35.5 Å². The molecule has 166 valence electrons. The molecule has 0 saturated heterocycles. The third-order valence-electron chi connectivity index (χ3n) is 5.76. The van der Waals surface area contributed by atoms with Gasteiger partial charge in [0.25, 0.3) is 0 Å². The van der Waals surface area contributed by atoms with Crippen LogP contribution < -0.4 is 20.7 Å². The lowest BCUT2D eigenvalue weighted by Gasteiger charge is -2.28. The summed E-state index contributed by atoms with van der Waals surface area (Å²) in [4.78, 5) is 11.9. The number of rotatable bonds is 8. The first-order valence-corrected chi connectivity index (χ1v) is 13.0. The van der Waals surface area contributed by atoms with Crippen molar-refractivity contribution < 1.29 is 14.3 Å². The van der Waals surface area contributed by atoms with E-state index in [2.05, 4.69) is 78.9 Å². The summed E-state index contributed by atoms with van der Waals surface area (Å²) in [6, 6.07) is 37.8. The van der Waals surface area contributed by atoms with Crippen LogP contribution in [0.4, 0.5) is 0 Å². The van der Waals surface area contributed by atoms with Gasteiger partial charge in [-0.15, -0.1) is 0 Å². The number of benzene rings is 4. The van der Waals surface area contributed by atoms with Crippen LogP contribution in [0, 0.1) is 0 Å². The van der Waals surface area contributed by atoms with Crippen LogP contribution in [0.2, 0.25) is 0 Å². The number of hydrogen-bond donors (Lipinski definition) is 0. The van der Waals surface area contributed by atoms with Crippen molar-refractivity contribution in [1.82, 2.24) is 0 Å². The highest BCUT2D eigenvalue weighted by Crippen LogP contribution is 2.58. The number of methoxy groups -OCH3 is 1. The number of carbonyl (C=O) groups excluding carboxylic acids is 1. The molecule has 0 spiro atoms. The summed E-state index contributed by atoms with van der Waals surface area (Å²) in [6.07, 6.45) is 0.831. The van der Waals surface area contributed by atoms with Crippen molar-refractivity contribution in [3.63, 3.8) is 0 Å². The predicted molar refractivity (Wildman–Crippen MR) is 138 cm³/mol. The molecule has 0 N–H and O–H groups in total. The Morgan fingerprint density at radius 1 is 0.727 bits per heavy atom. The second kappa shape index (κ2) is 10.5. The maximum atomic E-state index is 11.9. The zero-order valence-electron chi connectivity index (χ0n) is 19.0. The summed E-state index contributed by atoms with van der Waals surface area (Å²) in [5.74, 6) is 0.561. The third kappa shape index (κ3) is 4.84. The highest BCUT2D eigenvalue weighted by Gasteiger charge is 2.45. The number of ether oxygens (including phenoxy) is 2. The highest BCUT2D eigenvalue weighted by atomic mass is 31.2. The number of carbonyl (C=O) groups is 1. The van der Waals surface area contributed by atoms with Crippen molar-refractivity contribution in [2.45, 2.75) is 13.1 Å². The van der Waals surface area contributed by atoms with Gasteiger partial charge in [0.2, 0.25) is 0 Å². The molecule has 0 aromatic heterocycles. The molecule has 0 radical (unpaired) electrons. The maximum absolute atomic E-state index is 11.9.